The van der Waals surface area contributed by atoms with Gasteiger partial charge in [0, 0.05) is 24.9 Å². The number of hydrogen-bond donors (Lipinski definition) is 2. The molecule has 1 aliphatic heterocycles. The highest BCUT2D eigenvalue weighted by Crippen LogP contribution is 2.28. The first-order valence-electron chi connectivity index (χ1n) is 9.51. The Labute approximate surface area is 174 Å². The lowest BCUT2D eigenvalue weighted by atomic mass is 10.1. The average molecular weight is 412 g/mol. The van der Waals surface area contributed by atoms with Crippen molar-refractivity contribution in [2.75, 3.05) is 20.8 Å². The van der Waals surface area contributed by atoms with E-state index in [2.05, 4.69) is 15.6 Å². The summed E-state index contributed by atoms with van der Waals surface area (Å²) < 4.78 is 10.4. The number of carbonyl (C=O) groups is 3. The van der Waals surface area contributed by atoms with E-state index in [0.29, 0.717) is 30.0 Å². The SMILES string of the molecule is COc1ccc(CN2C(=O)N[C@H](CC(=O)NCCc3ccccn3)C2=O)cc1OC. The molecule has 4 amide bonds. The Hall–Kier alpha value is -3.62. The fourth-order valence-corrected chi connectivity index (χ4v) is 3.16. The molecule has 0 radical (unpaired) electrons. The third-order valence-corrected chi connectivity index (χ3v) is 4.71. The smallest absolute Gasteiger partial charge is 0.325 e. The molecule has 2 N–H and O–H groups in total. The predicted octanol–water partition coefficient (Wildman–Crippen LogP) is 1.27. The van der Waals surface area contributed by atoms with Gasteiger partial charge in [-0.3, -0.25) is 19.5 Å². The van der Waals surface area contributed by atoms with Gasteiger partial charge in [-0.05, 0) is 29.8 Å². The summed E-state index contributed by atoms with van der Waals surface area (Å²) in [5, 5.41) is 5.33. The summed E-state index contributed by atoms with van der Waals surface area (Å²) in [7, 11) is 3.04. The summed E-state index contributed by atoms with van der Waals surface area (Å²) >= 11 is 0. The molecule has 0 bridgehead atoms. The Kier molecular flexibility index (Phi) is 6.84. The molecule has 0 saturated carbocycles. The van der Waals surface area contributed by atoms with Crippen molar-refractivity contribution in [2.24, 2.45) is 0 Å². The van der Waals surface area contributed by atoms with Gasteiger partial charge in [0.2, 0.25) is 5.91 Å². The fraction of sp³-hybridized carbons (Fsp3) is 0.333. The van der Waals surface area contributed by atoms with Crippen molar-refractivity contribution in [3.05, 3.63) is 53.9 Å². The summed E-state index contributed by atoms with van der Waals surface area (Å²) in [6.07, 6.45) is 2.16. The third-order valence-electron chi connectivity index (χ3n) is 4.71. The first-order valence-corrected chi connectivity index (χ1v) is 9.51. The van der Waals surface area contributed by atoms with Crippen LogP contribution in [0.2, 0.25) is 0 Å². The molecule has 2 aromatic rings. The molecule has 1 fully saturated rings. The van der Waals surface area contributed by atoms with Crippen molar-refractivity contribution < 1.29 is 23.9 Å². The van der Waals surface area contributed by atoms with Crippen molar-refractivity contribution in [1.82, 2.24) is 20.5 Å². The number of methoxy groups -OCH3 is 2. The van der Waals surface area contributed by atoms with Crippen LogP contribution in [0.4, 0.5) is 4.79 Å². The van der Waals surface area contributed by atoms with Crippen LogP contribution in [0.5, 0.6) is 11.5 Å². The highest BCUT2D eigenvalue weighted by atomic mass is 16.5. The van der Waals surface area contributed by atoms with Gasteiger partial charge < -0.3 is 20.1 Å². The summed E-state index contributed by atoms with van der Waals surface area (Å²) in [5.74, 6) is 0.316. The van der Waals surface area contributed by atoms with Crippen molar-refractivity contribution in [1.29, 1.82) is 0 Å². The lowest BCUT2D eigenvalue weighted by Crippen LogP contribution is -2.37. The lowest BCUT2D eigenvalue weighted by Gasteiger charge is -2.15. The van der Waals surface area contributed by atoms with E-state index in [4.69, 9.17) is 9.47 Å². The molecule has 1 aromatic heterocycles. The summed E-state index contributed by atoms with van der Waals surface area (Å²) in [6, 6.07) is 9.33. The molecule has 158 valence electrons. The highest BCUT2D eigenvalue weighted by molar-refractivity contribution is 6.05. The van der Waals surface area contributed by atoms with E-state index in [1.54, 1.807) is 24.4 Å². The van der Waals surface area contributed by atoms with E-state index in [-0.39, 0.29) is 18.9 Å². The van der Waals surface area contributed by atoms with Gasteiger partial charge in [0.25, 0.3) is 5.91 Å². The maximum Gasteiger partial charge on any atom is 0.325 e. The van der Waals surface area contributed by atoms with Crippen molar-refractivity contribution in [2.45, 2.75) is 25.4 Å². The monoisotopic (exact) mass is 412 g/mol. The first kappa shape index (κ1) is 21.1. The predicted molar refractivity (Wildman–Crippen MR) is 108 cm³/mol. The summed E-state index contributed by atoms with van der Waals surface area (Å²) in [6.45, 7) is 0.475. The van der Waals surface area contributed by atoms with Crippen molar-refractivity contribution in [3.63, 3.8) is 0 Å². The minimum Gasteiger partial charge on any atom is -0.493 e. The quantitative estimate of drug-likeness (QED) is 0.600. The number of amides is 4. The summed E-state index contributed by atoms with van der Waals surface area (Å²) in [5.41, 5.74) is 1.57. The number of nitrogens with one attached hydrogen (secondary N) is 2. The van der Waals surface area contributed by atoms with Gasteiger partial charge in [-0.2, -0.15) is 0 Å². The number of benzene rings is 1. The molecule has 1 saturated heterocycles. The molecule has 0 unspecified atom stereocenters. The number of nitrogens with zero attached hydrogens (tertiary/aromatic N) is 2. The number of aromatic nitrogens is 1. The molecule has 1 atom stereocenters. The van der Waals surface area contributed by atoms with Gasteiger partial charge in [-0.15, -0.1) is 0 Å². The molecule has 9 heteroatoms. The van der Waals surface area contributed by atoms with Gasteiger partial charge in [-0.25, -0.2) is 4.79 Å². The van der Waals surface area contributed by atoms with Crippen LogP contribution in [0.3, 0.4) is 0 Å². The maximum atomic E-state index is 12.6. The Morgan fingerprint density at radius 3 is 2.67 bits per heavy atom. The summed E-state index contributed by atoms with van der Waals surface area (Å²) in [4.78, 5) is 42.3. The number of carbonyl (C=O) groups excluding carboxylic acids is 3. The zero-order chi connectivity index (χ0) is 21.5. The second kappa shape index (κ2) is 9.73. The van der Waals surface area contributed by atoms with Crippen LogP contribution in [0.1, 0.15) is 17.7 Å². The molecular formula is C21H24N4O5. The van der Waals surface area contributed by atoms with E-state index in [1.165, 1.54) is 14.2 Å². The van der Waals surface area contributed by atoms with Crippen molar-refractivity contribution >= 4 is 17.8 Å². The van der Waals surface area contributed by atoms with Gasteiger partial charge >= 0.3 is 6.03 Å². The first-order chi connectivity index (χ1) is 14.5. The minimum absolute atomic E-state index is 0.0722. The molecule has 0 spiro atoms. The minimum atomic E-state index is -0.882. The van der Waals surface area contributed by atoms with Crippen LogP contribution in [0.25, 0.3) is 0 Å². The van der Waals surface area contributed by atoms with E-state index < -0.39 is 18.0 Å². The zero-order valence-corrected chi connectivity index (χ0v) is 16.9. The standard InChI is InChI=1S/C21H24N4O5/c1-29-17-7-6-14(11-18(17)30-2)13-25-20(27)16(24-21(25)28)12-19(26)23-10-8-15-5-3-4-9-22-15/h3-7,9,11,16H,8,10,12-13H2,1-2H3,(H,23,26)(H,24,28)/t16-/m1/s1. The molecular weight excluding hydrogens is 388 g/mol. The number of ether oxygens (including phenoxy) is 2. The van der Waals surface area contributed by atoms with Crippen molar-refractivity contribution in [3.8, 4) is 11.5 Å². The Balaban J connectivity index is 1.53. The number of imide groups is 1. The van der Waals surface area contributed by atoms with Crippen LogP contribution in [-0.4, -0.2) is 54.5 Å². The molecule has 1 aromatic carbocycles. The van der Waals surface area contributed by atoms with Crippen LogP contribution < -0.4 is 20.1 Å². The van der Waals surface area contributed by atoms with Crippen LogP contribution in [0.15, 0.2) is 42.6 Å². The number of urea groups is 1. The van der Waals surface area contributed by atoms with E-state index >= 15 is 0 Å². The molecule has 1 aliphatic rings. The Morgan fingerprint density at radius 1 is 1.17 bits per heavy atom. The largest absolute Gasteiger partial charge is 0.493 e. The van der Waals surface area contributed by atoms with E-state index in [0.717, 1.165) is 10.6 Å². The molecule has 9 nitrogen and oxygen atoms in total. The second-order valence-electron chi connectivity index (χ2n) is 6.74. The van der Waals surface area contributed by atoms with Crippen LogP contribution in [0, 0.1) is 0 Å². The normalized spacial score (nSPS) is 15.7. The second-order valence-corrected chi connectivity index (χ2v) is 6.74. The Bertz CT molecular complexity index is 919. The van der Waals surface area contributed by atoms with Gasteiger partial charge in [-0.1, -0.05) is 12.1 Å². The maximum absolute atomic E-state index is 12.6. The topological polar surface area (TPSA) is 110 Å². The highest BCUT2D eigenvalue weighted by Gasteiger charge is 2.39. The number of rotatable bonds is 9. The zero-order valence-electron chi connectivity index (χ0n) is 16.9. The number of hydrogen-bond acceptors (Lipinski definition) is 6. The van der Waals surface area contributed by atoms with Gasteiger partial charge in [0.15, 0.2) is 11.5 Å². The van der Waals surface area contributed by atoms with Gasteiger partial charge in [0.1, 0.15) is 6.04 Å². The Morgan fingerprint density at radius 2 is 1.97 bits per heavy atom. The van der Waals surface area contributed by atoms with E-state index in [1.807, 2.05) is 18.2 Å². The molecule has 3 rings (SSSR count). The third kappa shape index (κ3) is 5.05. The fourth-order valence-electron chi connectivity index (χ4n) is 3.16. The number of pyridine rings is 1. The molecule has 0 aliphatic carbocycles. The van der Waals surface area contributed by atoms with E-state index in [9.17, 15) is 14.4 Å². The van der Waals surface area contributed by atoms with Crippen LogP contribution in [-0.2, 0) is 22.6 Å². The average Bonchev–Trinajstić information content (AvgIpc) is 3.01. The van der Waals surface area contributed by atoms with Crippen LogP contribution >= 0.6 is 0 Å². The molecule has 2 heterocycles. The van der Waals surface area contributed by atoms with Gasteiger partial charge in [0.05, 0.1) is 27.2 Å². The molecule has 30 heavy (non-hydrogen) atoms. The lowest BCUT2D eigenvalue weighted by molar-refractivity contribution is -0.131.